The van der Waals surface area contributed by atoms with Gasteiger partial charge in [-0.15, -0.1) is 0 Å². The Morgan fingerprint density at radius 1 is 1.13 bits per heavy atom. The van der Waals surface area contributed by atoms with E-state index in [9.17, 15) is 9.59 Å². The van der Waals surface area contributed by atoms with Gasteiger partial charge in [0.2, 0.25) is 0 Å². The zero-order valence-electron chi connectivity index (χ0n) is 22.9. The smallest absolute Gasteiger partial charge is 0.322 e. The van der Waals surface area contributed by atoms with E-state index < -0.39 is 5.54 Å². The molecule has 4 aliphatic rings. The van der Waals surface area contributed by atoms with Crippen LogP contribution in [0.3, 0.4) is 0 Å². The van der Waals surface area contributed by atoms with Gasteiger partial charge in [0.05, 0.1) is 7.11 Å². The van der Waals surface area contributed by atoms with Crippen LogP contribution in [-0.4, -0.2) is 78.8 Å². The summed E-state index contributed by atoms with van der Waals surface area (Å²) in [6, 6.07) is 14.1. The minimum absolute atomic E-state index is 0.0234. The number of nitrogens with zero attached hydrogens (tertiary/aromatic N) is 5. The van der Waals surface area contributed by atoms with Crippen molar-refractivity contribution in [3.05, 3.63) is 53.6 Å². The molecule has 2 aromatic carbocycles. The number of piperidine rings is 1. The van der Waals surface area contributed by atoms with Crippen LogP contribution in [0.15, 0.2) is 52.4 Å². The third kappa shape index (κ3) is 4.64. The van der Waals surface area contributed by atoms with Crippen LogP contribution in [0.2, 0.25) is 0 Å². The van der Waals surface area contributed by atoms with Gasteiger partial charge in [-0.25, -0.2) is 9.79 Å². The van der Waals surface area contributed by atoms with Crippen LogP contribution in [0.25, 0.3) is 0 Å². The molecule has 9 heteroatoms. The average Bonchev–Trinajstić information content (AvgIpc) is 3.20. The lowest BCUT2D eigenvalue weighted by molar-refractivity contribution is -0.122. The summed E-state index contributed by atoms with van der Waals surface area (Å²) in [4.78, 5) is 42.2. The van der Waals surface area contributed by atoms with E-state index in [2.05, 4.69) is 33.2 Å². The van der Waals surface area contributed by atoms with Crippen molar-refractivity contribution in [2.75, 3.05) is 43.5 Å². The standard InChI is InChI=1S/C30H36N6O3/c1-20-18-36(26-7-5-4-6-24(20)26)28(37)30(2)17-27(31-19-32-30)34-13-11-22(12-14-34)35-15-10-21-16-23(39-3)8-9-25(21)33-29(35)38/h4-9,16,19-20,22H,10-15,17-18H2,1-3H3,(H,33,38). The molecule has 4 heterocycles. The number of hydrogen-bond donors (Lipinski definition) is 1. The first-order valence-electron chi connectivity index (χ1n) is 13.9. The number of carbonyl (C=O) groups is 2. The molecule has 0 bridgehead atoms. The Morgan fingerprint density at radius 3 is 2.72 bits per heavy atom. The number of amides is 3. The third-order valence-electron chi connectivity index (χ3n) is 8.68. The number of para-hydroxylation sites is 1. The van der Waals surface area contributed by atoms with Crippen molar-refractivity contribution in [3.8, 4) is 5.75 Å². The molecule has 39 heavy (non-hydrogen) atoms. The molecule has 1 fully saturated rings. The lowest BCUT2D eigenvalue weighted by atomic mass is 9.93. The fourth-order valence-corrected chi connectivity index (χ4v) is 6.39. The van der Waals surface area contributed by atoms with Gasteiger partial charge in [-0.2, -0.15) is 0 Å². The van der Waals surface area contributed by atoms with Gasteiger partial charge in [-0.05, 0) is 61.6 Å². The van der Waals surface area contributed by atoms with Crippen LogP contribution >= 0.6 is 0 Å². The lowest BCUT2D eigenvalue weighted by Gasteiger charge is -2.41. The topological polar surface area (TPSA) is 89.8 Å². The molecule has 6 rings (SSSR count). The molecule has 4 aliphatic heterocycles. The summed E-state index contributed by atoms with van der Waals surface area (Å²) in [7, 11) is 1.66. The Labute approximate surface area is 229 Å². The number of anilines is 2. The molecule has 0 spiro atoms. The Bertz CT molecular complexity index is 1350. The van der Waals surface area contributed by atoms with Crippen LogP contribution in [0.1, 0.15) is 50.2 Å². The van der Waals surface area contributed by atoms with Crippen molar-refractivity contribution in [1.82, 2.24) is 9.80 Å². The van der Waals surface area contributed by atoms with Crippen LogP contribution in [0.4, 0.5) is 16.2 Å². The highest BCUT2D eigenvalue weighted by molar-refractivity contribution is 6.07. The van der Waals surface area contributed by atoms with Crippen molar-refractivity contribution in [2.45, 2.75) is 57.0 Å². The molecule has 9 nitrogen and oxygen atoms in total. The zero-order valence-corrected chi connectivity index (χ0v) is 22.9. The van der Waals surface area contributed by atoms with Crippen molar-refractivity contribution in [2.24, 2.45) is 9.98 Å². The van der Waals surface area contributed by atoms with Crippen LogP contribution in [-0.2, 0) is 11.2 Å². The third-order valence-corrected chi connectivity index (χ3v) is 8.68. The quantitative estimate of drug-likeness (QED) is 0.644. The van der Waals surface area contributed by atoms with E-state index in [1.807, 2.05) is 53.1 Å². The minimum atomic E-state index is -0.886. The van der Waals surface area contributed by atoms with E-state index in [0.717, 1.165) is 60.9 Å². The van der Waals surface area contributed by atoms with Gasteiger partial charge < -0.3 is 24.8 Å². The predicted octanol–water partition coefficient (Wildman–Crippen LogP) is 4.29. The first-order valence-corrected chi connectivity index (χ1v) is 13.9. The number of amidine groups is 1. The molecule has 0 radical (unpaired) electrons. The molecular weight excluding hydrogens is 492 g/mol. The molecule has 3 amide bonds. The van der Waals surface area contributed by atoms with Crippen molar-refractivity contribution >= 4 is 35.5 Å². The lowest BCUT2D eigenvalue weighted by Crippen LogP contribution is -2.53. The fraction of sp³-hybridized carbons (Fsp3) is 0.467. The molecule has 2 atom stereocenters. The maximum absolute atomic E-state index is 13.8. The van der Waals surface area contributed by atoms with Gasteiger partial charge in [0.1, 0.15) is 23.5 Å². The molecular formula is C30H36N6O3. The number of hydrogen-bond acceptors (Lipinski definition) is 6. The van der Waals surface area contributed by atoms with Gasteiger partial charge in [0, 0.05) is 55.9 Å². The molecule has 2 aromatic rings. The number of fused-ring (bicyclic) bond motifs is 2. The highest BCUT2D eigenvalue weighted by Gasteiger charge is 2.43. The molecule has 204 valence electrons. The SMILES string of the molecule is COc1ccc2c(c1)CCN(C1CCN(C3=NC=NC(C)(C(=O)N4CC(C)c5ccccc54)C3)CC1)C(=O)N2. The number of methoxy groups -OCH3 is 1. The summed E-state index contributed by atoms with van der Waals surface area (Å²) in [6.07, 6.45) is 4.52. The normalized spacial score (nSPS) is 25.0. The molecule has 1 N–H and O–H groups in total. The number of aliphatic imine (C=N–C) groups is 2. The number of ether oxygens (including phenoxy) is 1. The van der Waals surface area contributed by atoms with Crippen molar-refractivity contribution < 1.29 is 14.3 Å². The molecule has 1 saturated heterocycles. The number of urea groups is 1. The summed E-state index contributed by atoms with van der Waals surface area (Å²) in [5.41, 5.74) is 3.27. The van der Waals surface area contributed by atoms with E-state index in [1.165, 1.54) is 5.56 Å². The van der Waals surface area contributed by atoms with Gasteiger partial charge in [0.15, 0.2) is 0 Å². The number of nitrogens with one attached hydrogen (secondary N) is 1. The molecule has 0 saturated carbocycles. The molecule has 0 aliphatic carbocycles. The van der Waals surface area contributed by atoms with Gasteiger partial charge >= 0.3 is 6.03 Å². The van der Waals surface area contributed by atoms with Crippen LogP contribution in [0.5, 0.6) is 5.75 Å². The van der Waals surface area contributed by atoms with Crippen molar-refractivity contribution in [1.29, 1.82) is 0 Å². The number of benzene rings is 2. The van der Waals surface area contributed by atoms with Gasteiger partial charge in [-0.1, -0.05) is 25.1 Å². The Morgan fingerprint density at radius 2 is 1.92 bits per heavy atom. The summed E-state index contributed by atoms with van der Waals surface area (Å²) in [6.45, 7) is 7.01. The summed E-state index contributed by atoms with van der Waals surface area (Å²) in [5, 5.41) is 3.09. The number of likely N-dealkylation sites (tertiary alicyclic amines) is 1. The summed E-state index contributed by atoms with van der Waals surface area (Å²) < 4.78 is 5.36. The number of rotatable bonds is 3. The highest BCUT2D eigenvalue weighted by atomic mass is 16.5. The van der Waals surface area contributed by atoms with E-state index in [1.54, 1.807) is 13.4 Å². The fourth-order valence-electron chi connectivity index (χ4n) is 6.39. The summed E-state index contributed by atoms with van der Waals surface area (Å²) >= 11 is 0. The second kappa shape index (κ2) is 10.0. The largest absolute Gasteiger partial charge is 0.497 e. The van der Waals surface area contributed by atoms with Gasteiger partial charge in [0.25, 0.3) is 5.91 Å². The zero-order chi connectivity index (χ0) is 27.1. The highest BCUT2D eigenvalue weighted by Crippen LogP contribution is 2.38. The monoisotopic (exact) mass is 528 g/mol. The number of carbonyl (C=O) groups excluding carboxylic acids is 2. The second-order valence-corrected chi connectivity index (χ2v) is 11.2. The van der Waals surface area contributed by atoms with Crippen molar-refractivity contribution in [3.63, 3.8) is 0 Å². The maximum atomic E-state index is 13.8. The second-order valence-electron chi connectivity index (χ2n) is 11.2. The first-order chi connectivity index (χ1) is 18.9. The van der Waals surface area contributed by atoms with E-state index in [0.29, 0.717) is 25.4 Å². The van der Waals surface area contributed by atoms with E-state index in [-0.39, 0.29) is 18.0 Å². The first kappa shape index (κ1) is 25.4. The molecule has 2 unspecified atom stereocenters. The predicted molar refractivity (Wildman–Crippen MR) is 153 cm³/mol. The van der Waals surface area contributed by atoms with Crippen LogP contribution in [0, 0.1) is 0 Å². The average molecular weight is 529 g/mol. The summed E-state index contributed by atoms with van der Waals surface area (Å²) in [5.74, 6) is 2.03. The molecule has 0 aromatic heterocycles. The van der Waals surface area contributed by atoms with Crippen LogP contribution < -0.4 is 15.0 Å². The minimum Gasteiger partial charge on any atom is -0.497 e. The Balaban J connectivity index is 1.09. The van der Waals surface area contributed by atoms with E-state index in [4.69, 9.17) is 4.74 Å². The Hall–Kier alpha value is -3.88. The van der Waals surface area contributed by atoms with Gasteiger partial charge in [-0.3, -0.25) is 9.79 Å². The Kier molecular flexibility index (Phi) is 6.53. The van der Waals surface area contributed by atoms with E-state index >= 15 is 0 Å². The maximum Gasteiger partial charge on any atom is 0.322 e.